The van der Waals surface area contributed by atoms with Crippen LogP contribution in [0.4, 0.5) is 0 Å². The molecule has 0 spiro atoms. The Labute approximate surface area is 65.7 Å². The number of ether oxygens (including phenoxy) is 2. The van der Waals surface area contributed by atoms with Gasteiger partial charge < -0.3 is 9.47 Å². The van der Waals surface area contributed by atoms with E-state index in [2.05, 4.69) is 0 Å². The van der Waals surface area contributed by atoms with Crippen LogP contribution >= 0.6 is 0 Å². The first-order chi connectivity index (χ1) is 5.24. The normalized spacial score (nSPS) is 43.4. The van der Waals surface area contributed by atoms with Crippen LogP contribution in [0.3, 0.4) is 0 Å². The van der Waals surface area contributed by atoms with Crippen molar-refractivity contribution in [1.82, 2.24) is 0 Å². The second-order valence-electron chi connectivity index (χ2n) is 3.36. The van der Waals surface area contributed by atoms with Gasteiger partial charge in [-0.15, -0.1) is 0 Å². The summed E-state index contributed by atoms with van der Waals surface area (Å²) < 4.78 is 10.6. The van der Waals surface area contributed by atoms with Crippen molar-refractivity contribution in [2.24, 2.45) is 0 Å². The van der Waals surface area contributed by atoms with Gasteiger partial charge in [0.05, 0.1) is 18.6 Å². The SMILES string of the molecule is C[C@@H]1C[C@H]2C[C@H](CC(=O)O2)O1. The molecule has 2 bridgehead atoms. The van der Waals surface area contributed by atoms with E-state index in [1.54, 1.807) is 0 Å². The van der Waals surface area contributed by atoms with Gasteiger partial charge in [-0.25, -0.2) is 0 Å². The minimum absolute atomic E-state index is 0.0989. The molecule has 3 atom stereocenters. The van der Waals surface area contributed by atoms with E-state index < -0.39 is 0 Å². The fourth-order valence-corrected chi connectivity index (χ4v) is 1.85. The van der Waals surface area contributed by atoms with Crippen LogP contribution in [0.2, 0.25) is 0 Å². The number of carbonyl (C=O) groups excluding carboxylic acids is 1. The van der Waals surface area contributed by atoms with E-state index in [0.29, 0.717) is 6.42 Å². The van der Waals surface area contributed by atoms with Crippen molar-refractivity contribution in [3.8, 4) is 0 Å². The highest BCUT2D eigenvalue weighted by molar-refractivity contribution is 5.71. The number of esters is 1. The summed E-state index contributed by atoms with van der Waals surface area (Å²) >= 11 is 0. The van der Waals surface area contributed by atoms with Gasteiger partial charge in [-0.3, -0.25) is 4.79 Å². The summed E-state index contributed by atoms with van der Waals surface area (Å²) in [6.45, 7) is 2.03. The van der Waals surface area contributed by atoms with Crippen molar-refractivity contribution in [2.75, 3.05) is 0 Å². The van der Waals surface area contributed by atoms with E-state index in [1.165, 1.54) is 0 Å². The van der Waals surface area contributed by atoms with E-state index in [1.807, 2.05) is 6.92 Å². The Bertz CT molecular complexity index is 158. The number of carbonyl (C=O) groups is 1. The van der Waals surface area contributed by atoms with Crippen molar-refractivity contribution in [1.29, 1.82) is 0 Å². The van der Waals surface area contributed by atoms with Gasteiger partial charge in [0.15, 0.2) is 0 Å². The molecule has 0 saturated carbocycles. The third kappa shape index (κ3) is 1.38. The Hall–Kier alpha value is -0.570. The zero-order valence-electron chi connectivity index (χ0n) is 6.58. The Morgan fingerprint density at radius 3 is 2.91 bits per heavy atom. The van der Waals surface area contributed by atoms with Crippen LogP contribution in [0.5, 0.6) is 0 Å². The summed E-state index contributed by atoms with van der Waals surface area (Å²) in [7, 11) is 0. The Kier molecular flexibility index (Phi) is 1.60. The lowest BCUT2D eigenvalue weighted by molar-refractivity contribution is -0.182. The summed E-state index contributed by atoms with van der Waals surface area (Å²) in [5.41, 5.74) is 0. The first kappa shape index (κ1) is 7.10. The summed E-state index contributed by atoms with van der Waals surface area (Å²) in [6, 6.07) is 0. The largest absolute Gasteiger partial charge is 0.462 e. The topological polar surface area (TPSA) is 35.5 Å². The van der Waals surface area contributed by atoms with E-state index in [9.17, 15) is 4.79 Å². The molecule has 2 fully saturated rings. The van der Waals surface area contributed by atoms with Gasteiger partial charge in [-0.1, -0.05) is 0 Å². The minimum atomic E-state index is -0.0989. The maximum Gasteiger partial charge on any atom is 0.308 e. The lowest BCUT2D eigenvalue weighted by Gasteiger charge is -2.37. The second-order valence-corrected chi connectivity index (χ2v) is 3.36. The minimum Gasteiger partial charge on any atom is -0.462 e. The van der Waals surface area contributed by atoms with E-state index in [-0.39, 0.29) is 24.3 Å². The lowest BCUT2D eigenvalue weighted by Crippen LogP contribution is -2.42. The number of hydrogen-bond donors (Lipinski definition) is 0. The molecule has 62 valence electrons. The highest BCUT2D eigenvalue weighted by Gasteiger charge is 2.35. The Balaban J connectivity index is 2.05. The molecule has 0 aliphatic carbocycles. The lowest BCUT2D eigenvalue weighted by atomic mass is 9.97. The fraction of sp³-hybridized carbons (Fsp3) is 0.875. The number of hydrogen-bond acceptors (Lipinski definition) is 3. The van der Waals surface area contributed by atoms with Gasteiger partial charge in [-0.2, -0.15) is 0 Å². The predicted molar refractivity (Wildman–Crippen MR) is 38.1 cm³/mol. The highest BCUT2D eigenvalue weighted by Crippen LogP contribution is 2.28. The average Bonchev–Trinajstić information content (AvgIpc) is 1.82. The van der Waals surface area contributed by atoms with Crippen molar-refractivity contribution >= 4 is 5.97 Å². The summed E-state index contributed by atoms with van der Waals surface area (Å²) in [6.07, 6.45) is 2.72. The van der Waals surface area contributed by atoms with Gasteiger partial charge in [0, 0.05) is 12.8 Å². The first-order valence-corrected chi connectivity index (χ1v) is 4.09. The number of fused-ring (bicyclic) bond motifs is 2. The molecular weight excluding hydrogens is 144 g/mol. The van der Waals surface area contributed by atoms with E-state index >= 15 is 0 Å². The average molecular weight is 156 g/mol. The standard InChI is InChI=1S/C8H12O3/c1-5-2-6-3-7(10-5)4-8(9)11-6/h5-7H,2-4H2,1H3/t5-,6+,7-/m1/s1. The molecule has 3 heteroatoms. The van der Waals surface area contributed by atoms with Crippen molar-refractivity contribution < 1.29 is 14.3 Å². The molecule has 0 radical (unpaired) electrons. The van der Waals surface area contributed by atoms with Gasteiger partial charge in [0.1, 0.15) is 6.10 Å². The maximum absolute atomic E-state index is 10.9. The van der Waals surface area contributed by atoms with Crippen LogP contribution in [0.25, 0.3) is 0 Å². The molecular formula is C8H12O3. The molecule has 0 aromatic rings. The molecule has 2 aliphatic heterocycles. The van der Waals surface area contributed by atoms with Crippen LogP contribution in [-0.4, -0.2) is 24.3 Å². The molecule has 0 unspecified atom stereocenters. The zero-order chi connectivity index (χ0) is 7.84. The summed E-state index contributed by atoms with van der Waals surface area (Å²) in [4.78, 5) is 10.9. The van der Waals surface area contributed by atoms with Crippen molar-refractivity contribution in [3.63, 3.8) is 0 Å². The summed E-state index contributed by atoms with van der Waals surface area (Å²) in [5, 5.41) is 0. The Morgan fingerprint density at radius 2 is 2.18 bits per heavy atom. The molecule has 11 heavy (non-hydrogen) atoms. The highest BCUT2D eigenvalue weighted by atomic mass is 16.6. The molecule has 2 saturated heterocycles. The van der Waals surface area contributed by atoms with Crippen LogP contribution in [0, 0.1) is 0 Å². The molecule has 2 rings (SSSR count). The van der Waals surface area contributed by atoms with Crippen molar-refractivity contribution in [3.05, 3.63) is 0 Å². The Morgan fingerprint density at radius 1 is 1.36 bits per heavy atom. The molecule has 0 N–H and O–H groups in total. The first-order valence-electron chi connectivity index (χ1n) is 4.09. The molecule has 0 amide bonds. The molecule has 0 aromatic carbocycles. The van der Waals surface area contributed by atoms with Crippen molar-refractivity contribution in [2.45, 2.75) is 44.5 Å². The van der Waals surface area contributed by atoms with Gasteiger partial charge in [0.25, 0.3) is 0 Å². The molecule has 2 heterocycles. The quantitative estimate of drug-likeness (QED) is 0.488. The van der Waals surface area contributed by atoms with Crippen LogP contribution in [0.1, 0.15) is 26.2 Å². The molecule has 3 nitrogen and oxygen atoms in total. The predicted octanol–water partition coefficient (Wildman–Crippen LogP) is 0.869. The summed E-state index contributed by atoms with van der Waals surface area (Å²) in [5.74, 6) is -0.0989. The number of rotatable bonds is 0. The second kappa shape index (κ2) is 2.48. The van der Waals surface area contributed by atoms with Crippen LogP contribution in [0.15, 0.2) is 0 Å². The van der Waals surface area contributed by atoms with Crippen LogP contribution in [-0.2, 0) is 14.3 Å². The van der Waals surface area contributed by atoms with Gasteiger partial charge in [0.2, 0.25) is 0 Å². The third-order valence-electron chi connectivity index (χ3n) is 2.24. The maximum atomic E-state index is 10.9. The monoisotopic (exact) mass is 156 g/mol. The van der Waals surface area contributed by atoms with E-state index in [0.717, 1.165) is 12.8 Å². The smallest absolute Gasteiger partial charge is 0.308 e. The zero-order valence-corrected chi connectivity index (χ0v) is 6.58. The fourth-order valence-electron chi connectivity index (χ4n) is 1.85. The van der Waals surface area contributed by atoms with Gasteiger partial charge >= 0.3 is 5.97 Å². The molecule has 2 aliphatic rings. The molecule has 0 aromatic heterocycles. The van der Waals surface area contributed by atoms with E-state index in [4.69, 9.17) is 9.47 Å². The third-order valence-corrected chi connectivity index (χ3v) is 2.24. The van der Waals surface area contributed by atoms with Crippen LogP contribution < -0.4 is 0 Å². The van der Waals surface area contributed by atoms with Gasteiger partial charge in [-0.05, 0) is 6.92 Å².